The molecule has 0 aliphatic heterocycles. The van der Waals surface area contributed by atoms with E-state index in [1.54, 1.807) is 18.2 Å². The van der Waals surface area contributed by atoms with Crippen LogP contribution in [-0.4, -0.2) is 15.2 Å². The van der Waals surface area contributed by atoms with Gasteiger partial charge in [-0.25, -0.2) is 0 Å². The summed E-state index contributed by atoms with van der Waals surface area (Å²) in [7, 11) is 0. The Hall–Kier alpha value is -2.14. The summed E-state index contributed by atoms with van der Waals surface area (Å²) in [6, 6.07) is 13.0. The van der Waals surface area contributed by atoms with Crippen molar-refractivity contribution in [2.75, 3.05) is 0 Å². The van der Waals surface area contributed by atoms with Gasteiger partial charge in [0.25, 0.3) is 0 Å². The summed E-state index contributed by atoms with van der Waals surface area (Å²) in [6.07, 6.45) is 0.494. The minimum absolute atomic E-state index is 0.231. The number of phenolic OH excluding ortho intramolecular Hbond substituents is 1. The van der Waals surface area contributed by atoms with Crippen LogP contribution in [0.25, 0.3) is 11.4 Å². The van der Waals surface area contributed by atoms with E-state index in [-0.39, 0.29) is 5.75 Å². The van der Waals surface area contributed by atoms with Gasteiger partial charge in [-0.05, 0) is 36.2 Å². The molecule has 0 amide bonds. The topological polar surface area (TPSA) is 59.2 Å². The second-order valence-electron chi connectivity index (χ2n) is 4.82. The summed E-state index contributed by atoms with van der Waals surface area (Å²) in [5.41, 5.74) is 2.98. The van der Waals surface area contributed by atoms with Crippen LogP contribution in [0.3, 0.4) is 0 Å². The van der Waals surface area contributed by atoms with Gasteiger partial charge in [0, 0.05) is 10.0 Å². The molecule has 0 radical (unpaired) electrons. The molecular formula is C16H13BrN2O2. The van der Waals surface area contributed by atoms with Crippen LogP contribution in [0.5, 0.6) is 5.75 Å². The number of aryl methyl sites for hydroxylation is 1. The zero-order valence-electron chi connectivity index (χ0n) is 11.4. The van der Waals surface area contributed by atoms with Crippen LogP contribution in [0.1, 0.15) is 17.0 Å². The maximum Gasteiger partial charge on any atom is 0.231 e. The molecule has 1 N–H and O–H groups in total. The number of aromatic nitrogens is 2. The van der Waals surface area contributed by atoms with Crippen LogP contribution in [0.15, 0.2) is 51.5 Å². The lowest BCUT2D eigenvalue weighted by molar-refractivity contribution is 0.385. The van der Waals surface area contributed by atoms with Gasteiger partial charge in [-0.15, -0.1) is 0 Å². The Morgan fingerprint density at radius 3 is 2.81 bits per heavy atom. The molecule has 0 saturated carbocycles. The van der Waals surface area contributed by atoms with E-state index in [1.807, 2.05) is 31.2 Å². The van der Waals surface area contributed by atoms with E-state index in [2.05, 4.69) is 26.1 Å². The summed E-state index contributed by atoms with van der Waals surface area (Å²) in [5, 5.41) is 13.5. The molecule has 0 unspecified atom stereocenters. The first-order valence-electron chi connectivity index (χ1n) is 6.49. The van der Waals surface area contributed by atoms with Crippen molar-refractivity contribution in [3.63, 3.8) is 0 Å². The summed E-state index contributed by atoms with van der Waals surface area (Å²) < 4.78 is 6.29. The number of phenols is 1. The lowest BCUT2D eigenvalue weighted by Crippen LogP contribution is -1.88. The van der Waals surface area contributed by atoms with Crippen LogP contribution in [0.4, 0.5) is 0 Å². The van der Waals surface area contributed by atoms with Crippen LogP contribution < -0.4 is 0 Å². The first-order chi connectivity index (χ1) is 10.1. The lowest BCUT2D eigenvalue weighted by atomic mass is 10.1. The normalized spacial score (nSPS) is 10.8. The number of halogens is 1. The van der Waals surface area contributed by atoms with Crippen molar-refractivity contribution >= 4 is 15.9 Å². The average molecular weight is 345 g/mol. The third-order valence-corrected chi connectivity index (χ3v) is 4.02. The minimum Gasteiger partial charge on any atom is -0.508 e. The number of aromatic hydroxyl groups is 1. The predicted octanol–water partition coefficient (Wildman–Crippen LogP) is 4.10. The largest absolute Gasteiger partial charge is 0.508 e. The third-order valence-electron chi connectivity index (χ3n) is 3.16. The van der Waals surface area contributed by atoms with Crippen LogP contribution in [0.2, 0.25) is 0 Å². The molecule has 5 heteroatoms. The van der Waals surface area contributed by atoms with Gasteiger partial charge in [-0.2, -0.15) is 4.98 Å². The van der Waals surface area contributed by atoms with Gasteiger partial charge in [0.1, 0.15) is 5.75 Å². The minimum atomic E-state index is 0.231. The Labute approximate surface area is 130 Å². The Bertz CT molecular complexity index is 783. The highest BCUT2D eigenvalue weighted by molar-refractivity contribution is 9.10. The first kappa shape index (κ1) is 13.8. The number of nitrogens with zero attached hydrogens (tertiary/aromatic N) is 2. The van der Waals surface area contributed by atoms with Crippen molar-refractivity contribution < 1.29 is 9.63 Å². The average Bonchev–Trinajstić information content (AvgIpc) is 2.90. The number of rotatable bonds is 3. The third kappa shape index (κ3) is 3.13. The molecule has 21 heavy (non-hydrogen) atoms. The molecule has 3 aromatic rings. The van der Waals surface area contributed by atoms with E-state index >= 15 is 0 Å². The van der Waals surface area contributed by atoms with Gasteiger partial charge in [0.2, 0.25) is 11.7 Å². The summed E-state index contributed by atoms with van der Waals surface area (Å²) >= 11 is 3.50. The van der Waals surface area contributed by atoms with Gasteiger partial charge >= 0.3 is 0 Å². The second-order valence-corrected chi connectivity index (χ2v) is 5.68. The maximum absolute atomic E-state index is 9.46. The van der Waals surface area contributed by atoms with Crippen molar-refractivity contribution in [3.05, 3.63) is 64.0 Å². The van der Waals surface area contributed by atoms with Crippen molar-refractivity contribution in [2.45, 2.75) is 13.3 Å². The monoisotopic (exact) mass is 344 g/mol. The van der Waals surface area contributed by atoms with E-state index in [9.17, 15) is 5.11 Å². The molecule has 0 spiro atoms. The highest BCUT2D eigenvalue weighted by Crippen LogP contribution is 2.24. The lowest BCUT2D eigenvalue weighted by Gasteiger charge is -1.99. The smallest absolute Gasteiger partial charge is 0.231 e. The Morgan fingerprint density at radius 1 is 1.19 bits per heavy atom. The van der Waals surface area contributed by atoms with Crippen molar-refractivity contribution in [3.8, 4) is 17.1 Å². The van der Waals surface area contributed by atoms with Crippen molar-refractivity contribution in [2.24, 2.45) is 0 Å². The number of benzene rings is 2. The highest BCUT2D eigenvalue weighted by Gasteiger charge is 2.10. The standard InChI is InChI=1S/C16H13BrN2O2/c1-10-5-6-12(9-14(10)17)16-18-15(21-19-16)8-11-3-2-4-13(20)7-11/h2-7,9,20H,8H2,1H3. The number of hydrogen-bond donors (Lipinski definition) is 1. The molecule has 2 aromatic carbocycles. The molecular weight excluding hydrogens is 332 g/mol. The molecule has 0 fully saturated rings. The molecule has 0 saturated heterocycles. The Kier molecular flexibility index (Phi) is 3.75. The van der Waals surface area contributed by atoms with E-state index in [0.717, 1.165) is 21.2 Å². The first-order valence-corrected chi connectivity index (χ1v) is 7.28. The quantitative estimate of drug-likeness (QED) is 0.776. The second kappa shape index (κ2) is 5.69. The molecule has 4 nitrogen and oxygen atoms in total. The van der Waals surface area contributed by atoms with Crippen LogP contribution >= 0.6 is 15.9 Å². The van der Waals surface area contributed by atoms with E-state index in [0.29, 0.717) is 18.1 Å². The Balaban J connectivity index is 1.84. The SMILES string of the molecule is Cc1ccc(-c2noc(Cc3cccc(O)c3)n2)cc1Br. The molecule has 0 bridgehead atoms. The zero-order valence-corrected chi connectivity index (χ0v) is 13.0. The fourth-order valence-electron chi connectivity index (χ4n) is 2.02. The van der Waals surface area contributed by atoms with Crippen molar-refractivity contribution in [1.29, 1.82) is 0 Å². The van der Waals surface area contributed by atoms with Gasteiger partial charge < -0.3 is 9.63 Å². The van der Waals surface area contributed by atoms with Crippen LogP contribution in [-0.2, 0) is 6.42 Å². The molecule has 0 atom stereocenters. The van der Waals surface area contributed by atoms with E-state index in [1.165, 1.54) is 0 Å². The molecule has 1 aromatic heterocycles. The van der Waals surface area contributed by atoms with E-state index < -0.39 is 0 Å². The fourth-order valence-corrected chi connectivity index (χ4v) is 2.40. The fraction of sp³-hybridized carbons (Fsp3) is 0.125. The summed E-state index contributed by atoms with van der Waals surface area (Å²) in [5.74, 6) is 1.31. The highest BCUT2D eigenvalue weighted by atomic mass is 79.9. The molecule has 1 heterocycles. The zero-order chi connectivity index (χ0) is 14.8. The summed E-state index contributed by atoms with van der Waals surface area (Å²) in [4.78, 5) is 4.40. The molecule has 0 aliphatic carbocycles. The van der Waals surface area contributed by atoms with E-state index in [4.69, 9.17) is 4.52 Å². The maximum atomic E-state index is 9.46. The Morgan fingerprint density at radius 2 is 2.05 bits per heavy atom. The van der Waals surface area contributed by atoms with Gasteiger partial charge in [0.15, 0.2) is 0 Å². The van der Waals surface area contributed by atoms with Crippen LogP contribution in [0, 0.1) is 6.92 Å². The predicted molar refractivity (Wildman–Crippen MR) is 83.1 cm³/mol. The molecule has 106 valence electrons. The van der Waals surface area contributed by atoms with Crippen molar-refractivity contribution in [1.82, 2.24) is 10.1 Å². The van der Waals surface area contributed by atoms with Gasteiger partial charge in [-0.3, -0.25) is 0 Å². The van der Waals surface area contributed by atoms with Gasteiger partial charge in [-0.1, -0.05) is 45.4 Å². The molecule has 0 aliphatic rings. The van der Waals surface area contributed by atoms with Gasteiger partial charge in [0.05, 0.1) is 6.42 Å². The number of hydrogen-bond acceptors (Lipinski definition) is 4. The molecule has 3 rings (SSSR count). The summed E-state index contributed by atoms with van der Waals surface area (Å²) in [6.45, 7) is 2.03.